The maximum absolute atomic E-state index is 11.7. The van der Waals surface area contributed by atoms with Gasteiger partial charge in [-0.3, -0.25) is 14.3 Å². The van der Waals surface area contributed by atoms with Crippen LogP contribution in [0.5, 0.6) is 0 Å². The number of benzene rings is 1. The lowest BCUT2D eigenvalue weighted by Crippen LogP contribution is -2.29. The number of rotatable bonds is 7. The quantitative estimate of drug-likeness (QED) is 0.468. The number of esters is 1. The topological polar surface area (TPSA) is 90.4 Å². The second-order valence-electron chi connectivity index (χ2n) is 5.02. The fourth-order valence-corrected chi connectivity index (χ4v) is 1.80. The number of nitrogens with zero attached hydrogens (tertiary/aromatic N) is 1. The zero-order chi connectivity index (χ0) is 17.4. The van der Waals surface area contributed by atoms with Gasteiger partial charge in [-0.1, -0.05) is 23.8 Å². The minimum atomic E-state index is -0.529. The minimum absolute atomic E-state index is 0.0170. The molecule has 0 spiro atoms. The van der Waals surface area contributed by atoms with Crippen LogP contribution in [-0.4, -0.2) is 28.7 Å². The second kappa shape index (κ2) is 8.64. The molecule has 1 heterocycles. The Hall–Kier alpha value is -2.93. The lowest BCUT2D eigenvalue weighted by atomic mass is 10.1. The maximum atomic E-state index is 11.7. The first-order chi connectivity index (χ1) is 11.6. The molecule has 0 unspecified atom stereocenters. The van der Waals surface area contributed by atoms with Crippen molar-refractivity contribution in [3.8, 4) is 0 Å². The van der Waals surface area contributed by atoms with Gasteiger partial charge < -0.3 is 9.47 Å². The van der Waals surface area contributed by atoms with Gasteiger partial charge in [0.1, 0.15) is 13.3 Å². The summed E-state index contributed by atoms with van der Waals surface area (Å²) in [4.78, 5) is 36.2. The normalized spacial score (nSPS) is 10.9. The summed E-state index contributed by atoms with van der Waals surface area (Å²) in [6, 6.07) is 8.36. The summed E-state index contributed by atoms with van der Waals surface area (Å²) in [6.07, 6.45) is 4.69. The maximum Gasteiger partial charge on any atom is 0.338 e. The lowest BCUT2D eigenvalue weighted by Gasteiger charge is -2.04. The Labute approximate surface area is 138 Å². The Morgan fingerprint density at radius 1 is 1.12 bits per heavy atom. The van der Waals surface area contributed by atoms with Crippen molar-refractivity contribution < 1.29 is 14.3 Å². The van der Waals surface area contributed by atoms with E-state index < -0.39 is 11.2 Å². The van der Waals surface area contributed by atoms with Crippen molar-refractivity contribution in [3.63, 3.8) is 0 Å². The highest BCUT2D eigenvalue weighted by atomic mass is 16.5. The molecule has 0 aliphatic rings. The Morgan fingerprint density at radius 2 is 1.83 bits per heavy atom. The zero-order valence-electron chi connectivity index (χ0n) is 13.2. The molecule has 0 saturated carbocycles. The van der Waals surface area contributed by atoms with E-state index in [0.717, 1.165) is 5.56 Å². The molecular formula is C17H18N2O5. The van der Waals surface area contributed by atoms with Crippen LogP contribution in [0.4, 0.5) is 0 Å². The largest absolute Gasteiger partial charge is 0.458 e. The number of carbonyl (C=O) groups is 1. The molecule has 126 valence electrons. The van der Waals surface area contributed by atoms with Crippen molar-refractivity contribution in [2.24, 2.45) is 0 Å². The van der Waals surface area contributed by atoms with Crippen LogP contribution < -0.4 is 11.2 Å². The van der Waals surface area contributed by atoms with Crippen LogP contribution in [0.2, 0.25) is 0 Å². The van der Waals surface area contributed by atoms with E-state index in [1.54, 1.807) is 24.3 Å². The van der Waals surface area contributed by atoms with Gasteiger partial charge in [0, 0.05) is 12.3 Å². The van der Waals surface area contributed by atoms with Crippen molar-refractivity contribution in [1.82, 2.24) is 9.55 Å². The predicted molar refractivity (Wildman–Crippen MR) is 87.9 cm³/mol. The van der Waals surface area contributed by atoms with Gasteiger partial charge in [0.2, 0.25) is 0 Å². The Bertz CT molecular complexity index is 818. The first kappa shape index (κ1) is 17.4. The van der Waals surface area contributed by atoms with Crippen LogP contribution in [0.25, 0.3) is 0 Å². The summed E-state index contributed by atoms with van der Waals surface area (Å²) < 4.78 is 11.6. The van der Waals surface area contributed by atoms with Crippen LogP contribution in [0.3, 0.4) is 0 Å². The molecule has 1 aromatic carbocycles. The first-order valence-corrected chi connectivity index (χ1v) is 7.32. The van der Waals surface area contributed by atoms with Crippen LogP contribution in [0.1, 0.15) is 15.9 Å². The number of carbonyl (C=O) groups excluding carboxylic acids is 1. The number of nitrogens with one attached hydrogen (secondary N) is 1. The van der Waals surface area contributed by atoms with E-state index in [4.69, 9.17) is 9.47 Å². The van der Waals surface area contributed by atoms with Crippen molar-refractivity contribution in [1.29, 1.82) is 0 Å². The number of H-pyrrole nitrogens is 1. The fraction of sp³-hybridized carbons (Fsp3) is 0.235. The third-order valence-corrected chi connectivity index (χ3v) is 3.11. The molecule has 0 fully saturated rings. The Kier molecular flexibility index (Phi) is 6.27. The van der Waals surface area contributed by atoms with Gasteiger partial charge in [0.15, 0.2) is 0 Å². The summed E-state index contributed by atoms with van der Waals surface area (Å²) in [7, 11) is 0. The van der Waals surface area contributed by atoms with Gasteiger partial charge >= 0.3 is 11.7 Å². The molecule has 1 aromatic heterocycles. The molecule has 7 heteroatoms. The summed E-state index contributed by atoms with van der Waals surface area (Å²) in [5.74, 6) is -0.389. The summed E-state index contributed by atoms with van der Waals surface area (Å²) in [5, 5.41) is 0. The van der Waals surface area contributed by atoms with Crippen LogP contribution in [0.15, 0.2) is 58.3 Å². The molecule has 0 saturated heterocycles. The Balaban J connectivity index is 1.67. The Morgan fingerprint density at radius 3 is 2.54 bits per heavy atom. The highest BCUT2D eigenvalue weighted by molar-refractivity contribution is 5.89. The highest BCUT2D eigenvalue weighted by Crippen LogP contribution is 2.04. The minimum Gasteiger partial charge on any atom is -0.458 e. The van der Waals surface area contributed by atoms with E-state index >= 15 is 0 Å². The average molecular weight is 330 g/mol. The van der Waals surface area contributed by atoms with Crippen molar-refractivity contribution in [2.45, 2.75) is 13.7 Å². The van der Waals surface area contributed by atoms with E-state index in [9.17, 15) is 14.4 Å². The number of aryl methyl sites for hydroxylation is 1. The molecule has 0 aliphatic heterocycles. The molecule has 0 bridgehead atoms. The highest BCUT2D eigenvalue weighted by Gasteiger charge is 2.04. The van der Waals surface area contributed by atoms with Crippen LogP contribution in [-0.2, 0) is 16.2 Å². The molecule has 7 nitrogen and oxygen atoms in total. The molecule has 0 aliphatic carbocycles. The summed E-state index contributed by atoms with van der Waals surface area (Å²) in [5.41, 5.74) is 0.595. The van der Waals surface area contributed by atoms with Gasteiger partial charge in [-0.2, -0.15) is 0 Å². The SMILES string of the molecule is Cc1ccc(C(=O)OC/C=C\COCn2ccc(=O)[nH]c2=O)cc1. The molecule has 2 aromatic rings. The summed E-state index contributed by atoms with van der Waals surface area (Å²) >= 11 is 0. The number of hydrogen-bond donors (Lipinski definition) is 1. The van der Waals surface area contributed by atoms with Gasteiger partial charge in [0.25, 0.3) is 5.56 Å². The van der Waals surface area contributed by atoms with E-state index in [-0.39, 0.29) is 25.9 Å². The predicted octanol–water partition coefficient (Wildman–Crippen LogP) is 1.23. The third kappa shape index (κ3) is 5.36. The number of aromatic nitrogens is 2. The smallest absolute Gasteiger partial charge is 0.338 e. The van der Waals surface area contributed by atoms with Crippen molar-refractivity contribution in [3.05, 3.63) is 80.6 Å². The van der Waals surface area contributed by atoms with Gasteiger partial charge in [-0.15, -0.1) is 0 Å². The number of hydrogen-bond acceptors (Lipinski definition) is 5. The molecule has 0 radical (unpaired) electrons. The van der Waals surface area contributed by atoms with Crippen molar-refractivity contribution in [2.75, 3.05) is 13.2 Å². The van der Waals surface area contributed by atoms with Gasteiger partial charge in [0.05, 0.1) is 12.2 Å². The molecule has 2 rings (SSSR count). The molecule has 24 heavy (non-hydrogen) atoms. The zero-order valence-corrected chi connectivity index (χ0v) is 13.2. The van der Waals surface area contributed by atoms with E-state index in [2.05, 4.69) is 4.98 Å². The molecule has 1 N–H and O–H groups in total. The average Bonchev–Trinajstić information content (AvgIpc) is 2.56. The van der Waals surface area contributed by atoms with E-state index in [1.807, 2.05) is 19.1 Å². The van der Waals surface area contributed by atoms with E-state index in [0.29, 0.717) is 5.56 Å². The van der Waals surface area contributed by atoms with E-state index in [1.165, 1.54) is 16.8 Å². The van der Waals surface area contributed by atoms with Gasteiger partial charge in [-0.05, 0) is 25.1 Å². The van der Waals surface area contributed by atoms with Gasteiger partial charge in [-0.25, -0.2) is 9.59 Å². The number of aromatic amines is 1. The number of ether oxygens (including phenoxy) is 2. The van der Waals surface area contributed by atoms with Crippen LogP contribution in [0, 0.1) is 6.92 Å². The summed E-state index contributed by atoms with van der Waals surface area (Å²) in [6.45, 7) is 2.34. The fourth-order valence-electron chi connectivity index (χ4n) is 1.80. The van der Waals surface area contributed by atoms with Crippen LogP contribution >= 0.6 is 0 Å². The first-order valence-electron chi connectivity index (χ1n) is 7.32. The third-order valence-electron chi connectivity index (χ3n) is 3.11. The standard InChI is InChI=1S/C17H18N2O5/c1-13-4-6-14(7-5-13)16(21)24-11-3-2-10-23-12-19-9-8-15(20)18-17(19)22/h2-9H,10-12H2,1H3,(H,18,20,22)/b3-2-. The lowest BCUT2D eigenvalue weighted by molar-refractivity contribution is 0.0547. The molecule has 0 atom stereocenters. The van der Waals surface area contributed by atoms with Crippen molar-refractivity contribution >= 4 is 5.97 Å². The second-order valence-corrected chi connectivity index (χ2v) is 5.02. The monoisotopic (exact) mass is 330 g/mol. The molecule has 0 amide bonds. The molecular weight excluding hydrogens is 312 g/mol.